The van der Waals surface area contributed by atoms with Crippen molar-refractivity contribution < 1.29 is 28.6 Å². The van der Waals surface area contributed by atoms with Crippen molar-refractivity contribution in [3.05, 3.63) is 0 Å². The Hall–Kier alpha value is -0.730. The Kier molecular flexibility index (Phi) is 8.42. The van der Waals surface area contributed by atoms with Crippen LogP contribution < -0.4 is 0 Å². The Morgan fingerprint density at radius 2 is 1.78 bits per heavy atom. The van der Waals surface area contributed by atoms with Gasteiger partial charge in [0, 0.05) is 26.7 Å². The molecule has 6 nitrogen and oxygen atoms in total. The van der Waals surface area contributed by atoms with Crippen molar-refractivity contribution in [1.82, 2.24) is 0 Å². The number of hydrogen-bond acceptors (Lipinski definition) is 8. The van der Waals surface area contributed by atoms with Crippen molar-refractivity contribution in [1.29, 1.82) is 0 Å². The standard InChI is InChI=1S/C15H24O6S2/c1-6-22-15-8(2)14(23-11(5)18)13(20-10(4)17)12(21-15)7-19-9(3)16/h8,12-15H,6-7H2,1-5H3/t8-,12?,13+,14-,15?/m1/s1. The van der Waals surface area contributed by atoms with Crippen molar-refractivity contribution in [2.24, 2.45) is 5.92 Å². The third-order valence-corrected chi connectivity index (χ3v) is 5.84. The van der Waals surface area contributed by atoms with E-state index < -0.39 is 24.1 Å². The van der Waals surface area contributed by atoms with E-state index in [0.717, 1.165) is 17.5 Å². The molecule has 0 radical (unpaired) electrons. The van der Waals surface area contributed by atoms with Gasteiger partial charge in [0.1, 0.15) is 24.3 Å². The maximum absolute atomic E-state index is 11.6. The number of thioether (sulfide) groups is 2. The summed E-state index contributed by atoms with van der Waals surface area (Å²) in [5.41, 5.74) is -0.149. The highest BCUT2D eigenvalue weighted by Gasteiger charge is 2.47. The van der Waals surface area contributed by atoms with Gasteiger partial charge in [-0.15, -0.1) is 11.8 Å². The van der Waals surface area contributed by atoms with E-state index in [1.807, 2.05) is 13.8 Å². The Morgan fingerprint density at radius 1 is 1.13 bits per heavy atom. The summed E-state index contributed by atoms with van der Waals surface area (Å²) in [6.45, 7) is 8.11. The van der Waals surface area contributed by atoms with Crippen molar-refractivity contribution in [3.63, 3.8) is 0 Å². The van der Waals surface area contributed by atoms with Crippen LogP contribution in [0.5, 0.6) is 0 Å². The van der Waals surface area contributed by atoms with Gasteiger partial charge in [-0.05, 0) is 5.75 Å². The van der Waals surface area contributed by atoms with E-state index in [9.17, 15) is 14.4 Å². The average Bonchev–Trinajstić information content (AvgIpc) is 2.43. The Bertz CT molecular complexity index is 442. The predicted octanol–water partition coefficient (Wildman–Crippen LogP) is 2.24. The van der Waals surface area contributed by atoms with Gasteiger partial charge in [0.25, 0.3) is 0 Å². The lowest BCUT2D eigenvalue weighted by Gasteiger charge is -2.44. The van der Waals surface area contributed by atoms with Crippen LogP contribution in [-0.2, 0) is 28.6 Å². The van der Waals surface area contributed by atoms with Gasteiger partial charge in [0.15, 0.2) is 5.12 Å². The summed E-state index contributed by atoms with van der Waals surface area (Å²) < 4.78 is 16.5. The van der Waals surface area contributed by atoms with Crippen molar-refractivity contribution >= 4 is 40.6 Å². The SMILES string of the molecule is CCSC1OC(COC(C)=O)[C@H](OC(C)=O)[C@H](SC(C)=O)[C@H]1C. The van der Waals surface area contributed by atoms with Crippen LogP contribution in [0.1, 0.15) is 34.6 Å². The van der Waals surface area contributed by atoms with E-state index in [1.54, 1.807) is 11.8 Å². The topological polar surface area (TPSA) is 78.9 Å². The van der Waals surface area contributed by atoms with Crippen LogP contribution in [-0.4, -0.2) is 52.3 Å². The van der Waals surface area contributed by atoms with Gasteiger partial charge < -0.3 is 14.2 Å². The fourth-order valence-corrected chi connectivity index (χ4v) is 4.66. The zero-order valence-corrected chi connectivity index (χ0v) is 15.7. The van der Waals surface area contributed by atoms with Crippen LogP contribution in [0.15, 0.2) is 0 Å². The number of hydrogen-bond donors (Lipinski definition) is 0. The molecule has 1 rings (SSSR count). The third kappa shape index (κ3) is 6.35. The molecule has 0 N–H and O–H groups in total. The summed E-state index contributed by atoms with van der Waals surface area (Å²) in [5, 5.41) is -0.290. The summed E-state index contributed by atoms with van der Waals surface area (Å²) in [6, 6.07) is 0. The lowest BCUT2D eigenvalue weighted by Crippen LogP contribution is -2.55. The molecule has 0 amide bonds. The summed E-state index contributed by atoms with van der Waals surface area (Å²) in [6.07, 6.45) is -1.22. The molecular weight excluding hydrogens is 340 g/mol. The maximum Gasteiger partial charge on any atom is 0.303 e. The smallest absolute Gasteiger partial charge is 0.303 e. The molecule has 132 valence electrons. The molecule has 23 heavy (non-hydrogen) atoms. The first kappa shape index (κ1) is 20.3. The van der Waals surface area contributed by atoms with Gasteiger partial charge in [-0.25, -0.2) is 0 Å². The van der Waals surface area contributed by atoms with Crippen LogP contribution in [0, 0.1) is 5.92 Å². The van der Waals surface area contributed by atoms with Gasteiger partial charge in [-0.3, -0.25) is 14.4 Å². The predicted molar refractivity (Wildman–Crippen MR) is 90.2 cm³/mol. The molecule has 0 aromatic rings. The van der Waals surface area contributed by atoms with Crippen LogP contribution in [0.3, 0.4) is 0 Å². The zero-order valence-electron chi connectivity index (χ0n) is 14.1. The minimum atomic E-state index is -0.635. The zero-order chi connectivity index (χ0) is 17.6. The maximum atomic E-state index is 11.6. The van der Waals surface area contributed by atoms with Crippen molar-refractivity contribution in [2.45, 2.75) is 57.5 Å². The van der Waals surface area contributed by atoms with Crippen molar-refractivity contribution in [2.75, 3.05) is 12.4 Å². The highest BCUT2D eigenvalue weighted by Crippen LogP contribution is 2.40. The molecule has 5 atom stereocenters. The van der Waals surface area contributed by atoms with Gasteiger partial charge in [0.2, 0.25) is 0 Å². The summed E-state index contributed by atoms with van der Waals surface area (Å²) in [4.78, 5) is 34.2. The summed E-state index contributed by atoms with van der Waals surface area (Å²) in [5.74, 6) is -0.0178. The van der Waals surface area contributed by atoms with Gasteiger partial charge >= 0.3 is 11.9 Å². The number of ether oxygens (including phenoxy) is 3. The van der Waals surface area contributed by atoms with Crippen LogP contribution in [0.4, 0.5) is 0 Å². The number of carbonyl (C=O) groups is 3. The van der Waals surface area contributed by atoms with Gasteiger partial charge in [0.05, 0.1) is 5.25 Å². The minimum Gasteiger partial charge on any atom is -0.463 e. The number of esters is 2. The normalized spacial score (nSPS) is 30.6. The molecule has 1 heterocycles. The second kappa shape index (κ2) is 9.54. The highest BCUT2D eigenvalue weighted by molar-refractivity contribution is 8.14. The van der Waals surface area contributed by atoms with Crippen LogP contribution in [0.2, 0.25) is 0 Å². The molecule has 1 saturated heterocycles. The molecule has 0 aromatic heterocycles. The molecule has 0 saturated carbocycles. The van der Waals surface area contributed by atoms with Crippen LogP contribution in [0.25, 0.3) is 0 Å². The molecule has 0 bridgehead atoms. The number of carbonyl (C=O) groups excluding carboxylic acids is 3. The molecule has 1 fully saturated rings. The molecular formula is C15H24O6S2. The quantitative estimate of drug-likeness (QED) is 0.664. The van der Waals surface area contributed by atoms with Crippen molar-refractivity contribution in [3.8, 4) is 0 Å². The van der Waals surface area contributed by atoms with E-state index in [4.69, 9.17) is 14.2 Å². The van der Waals surface area contributed by atoms with Gasteiger partial charge in [-0.2, -0.15) is 0 Å². The molecule has 2 unspecified atom stereocenters. The largest absolute Gasteiger partial charge is 0.463 e. The fraction of sp³-hybridized carbons (Fsp3) is 0.800. The van der Waals surface area contributed by atoms with E-state index in [1.165, 1.54) is 20.8 Å². The fourth-order valence-electron chi connectivity index (χ4n) is 2.43. The van der Waals surface area contributed by atoms with E-state index in [-0.39, 0.29) is 28.3 Å². The monoisotopic (exact) mass is 364 g/mol. The Morgan fingerprint density at radius 3 is 2.26 bits per heavy atom. The second-order valence-corrected chi connectivity index (χ2v) is 8.04. The lowest BCUT2D eigenvalue weighted by molar-refractivity contribution is -0.177. The van der Waals surface area contributed by atoms with E-state index >= 15 is 0 Å². The Balaban J connectivity index is 3.02. The van der Waals surface area contributed by atoms with Crippen LogP contribution >= 0.6 is 23.5 Å². The highest BCUT2D eigenvalue weighted by atomic mass is 32.2. The first-order valence-electron chi connectivity index (χ1n) is 7.51. The summed E-state index contributed by atoms with van der Waals surface area (Å²) >= 11 is 2.77. The molecule has 0 aromatic carbocycles. The second-order valence-electron chi connectivity index (χ2n) is 5.31. The third-order valence-electron chi connectivity index (χ3n) is 3.33. The molecule has 0 aliphatic carbocycles. The Labute approximate surface area is 145 Å². The summed E-state index contributed by atoms with van der Waals surface area (Å²) in [7, 11) is 0. The average molecular weight is 364 g/mol. The first-order chi connectivity index (χ1) is 10.8. The van der Waals surface area contributed by atoms with E-state index in [0.29, 0.717) is 0 Å². The lowest BCUT2D eigenvalue weighted by atomic mass is 9.96. The minimum absolute atomic E-state index is 0.00423. The van der Waals surface area contributed by atoms with Gasteiger partial charge in [-0.1, -0.05) is 25.6 Å². The first-order valence-corrected chi connectivity index (χ1v) is 9.44. The van der Waals surface area contributed by atoms with E-state index in [2.05, 4.69) is 0 Å². The molecule has 0 spiro atoms. The molecule has 1 aliphatic rings. The molecule has 8 heteroatoms. The number of rotatable bonds is 6. The molecule has 1 aliphatic heterocycles.